The van der Waals surface area contributed by atoms with Crippen molar-refractivity contribution in [1.29, 1.82) is 0 Å². The number of aromatic nitrogens is 4. The monoisotopic (exact) mass is 490 g/mol. The second kappa shape index (κ2) is 9.08. The molecule has 14 heteroatoms. The summed E-state index contributed by atoms with van der Waals surface area (Å²) in [5.74, 6) is -2.05. The number of aromatic amines is 1. The number of H-pyrrole nitrogens is 1. The van der Waals surface area contributed by atoms with Gasteiger partial charge in [0.1, 0.15) is 17.0 Å². The van der Waals surface area contributed by atoms with Gasteiger partial charge >= 0.3 is 18.3 Å². The molecule has 1 fully saturated rings. The molecule has 0 spiro atoms. The number of nitrogens with two attached hydrogens (primary N) is 1. The number of aliphatic carboxylic acids is 1. The van der Waals surface area contributed by atoms with Crippen LogP contribution in [0.3, 0.4) is 0 Å². The first-order chi connectivity index (χ1) is 15.7. The Kier molecular flexibility index (Phi) is 6.73. The van der Waals surface area contributed by atoms with Crippen LogP contribution < -0.4 is 10.6 Å². The van der Waals surface area contributed by atoms with Crippen molar-refractivity contribution >= 4 is 23.0 Å². The average molecular weight is 490 g/mol. The topological polar surface area (TPSA) is 121 Å². The summed E-state index contributed by atoms with van der Waals surface area (Å²) in [7, 11) is 0. The van der Waals surface area contributed by atoms with Gasteiger partial charge < -0.3 is 15.7 Å². The Labute approximate surface area is 188 Å². The molecule has 1 aliphatic rings. The number of anilines is 1. The van der Waals surface area contributed by atoms with E-state index in [1.165, 1.54) is 6.07 Å². The quantitative estimate of drug-likeness (QED) is 0.465. The zero-order chi connectivity index (χ0) is 25.3. The third kappa shape index (κ3) is 5.92. The van der Waals surface area contributed by atoms with Gasteiger partial charge in [-0.2, -0.15) is 31.4 Å². The van der Waals surface area contributed by atoms with Gasteiger partial charge in [0.05, 0.1) is 11.8 Å². The molecule has 0 unspecified atom stereocenters. The SMILES string of the molecule is CC1(N)CCN(c2cnc3c(-c4cccc(C(F)(F)F)c4)n[nH]c3n2)CC1.O=C(O)C(F)(F)F. The molecule has 0 saturated carbocycles. The van der Waals surface area contributed by atoms with E-state index in [0.717, 1.165) is 38.1 Å². The molecule has 0 aliphatic carbocycles. The van der Waals surface area contributed by atoms with Gasteiger partial charge in [0.25, 0.3) is 0 Å². The lowest BCUT2D eigenvalue weighted by Gasteiger charge is -2.37. The maximum absolute atomic E-state index is 13.0. The number of benzene rings is 1. The summed E-state index contributed by atoms with van der Waals surface area (Å²) < 4.78 is 70.6. The number of hydrogen-bond acceptors (Lipinski definition) is 6. The highest BCUT2D eigenvalue weighted by Gasteiger charge is 2.38. The highest BCUT2D eigenvalue weighted by molar-refractivity contribution is 5.88. The standard InChI is InChI=1S/C18H19F3N6.C2HF3O2/c1-17(22)5-7-27(8-6-17)13-10-23-15-14(25-26-16(15)24-13)11-3-2-4-12(9-11)18(19,20)21;3-2(4,5)1(6)7/h2-4,9-10H,5-8,22H2,1H3,(H,24,25,26);(H,6,7). The first-order valence-electron chi connectivity index (χ1n) is 9.90. The van der Waals surface area contributed by atoms with Crippen LogP contribution in [0, 0.1) is 0 Å². The van der Waals surface area contributed by atoms with Gasteiger partial charge in [0.15, 0.2) is 5.65 Å². The fourth-order valence-corrected chi connectivity index (χ4v) is 3.24. The van der Waals surface area contributed by atoms with E-state index in [4.69, 9.17) is 15.6 Å². The Morgan fingerprint density at radius 1 is 1.18 bits per heavy atom. The second-order valence-electron chi connectivity index (χ2n) is 8.02. The first kappa shape index (κ1) is 25.2. The van der Waals surface area contributed by atoms with Crippen molar-refractivity contribution in [3.05, 3.63) is 36.0 Å². The van der Waals surface area contributed by atoms with Crippen LogP contribution in [0.15, 0.2) is 30.5 Å². The van der Waals surface area contributed by atoms with Crippen molar-refractivity contribution in [3.8, 4) is 11.3 Å². The zero-order valence-electron chi connectivity index (χ0n) is 17.7. The minimum absolute atomic E-state index is 0.168. The fourth-order valence-electron chi connectivity index (χ4n) is 3.24. The van der Waals surface area contributed by atoms with E-state index in [9.17, 15) is 26.3 Å². The number of halogens is 6. The molecule has 3 aromatic rings. The molecule has 0 bridgehead atoms. The highest BCUT2D eigenvalue weighted by atomic mass is 19.4. The van der Waals surface area contributed by atoms with E-state index >= 15 is 0 Å². The summed E-state index contributed by atoms with van der Waals surface area (Å²) in [6, 6.07) is 5.03. The summed E-state index contributed by atoms with van der Waals surface area (Å²) in [6.45, 7) is 3.60. The van der Waals surface area contributed by atoms with Crippen molar-refractivity contribution in [2.24, 2.45) is 5.73 Å². The van der Waals surface area contributed by atoms with Crippen molar-refractivity contribution in [2.45, 2.75) is 37.7 Å². The van der Waals surface area contributed by atoms with Crippen LogP contribution in [0.5, 0.6) is 0 Å². The Hall–Kier alpha value is -3.42. The van der Waals surface area contributed by atoms with Crippen molar-refractivity contribution < 1.29 is 36.2 Å². The van der Waals surface area contributed by atoms with E-state index in [0.29, 0.717) is 28.2 Å². The lowest BCUT2D eigenvalue weighted by Crippen LogP contribution is -2.48. The molecule has 3 heterocycles. The highest BCUT2D eigenvalue weighted by Crippen LogP contribution is 2.33. The Morgan fingerprint density at radius 3 is 2.35 bits per heavy atom. The van der Waals surface area contributed by atoms with Gasteiger partial charge in [0, 0.05) is 24.2 Å². The molecule has 0 atom stereocenters. The number of hydrogen-bond donors (Lipinski definition) is 3. The van der Waals surface area contributed by atoms with Gasteiger partial charge in [-0.3, -0.25) is 5.10 Å². The van der Waals surface area contributed by atoms with Crippen LogP contribution in [-0.4, -0.2) is 56.0 Å². The molecule has 2 aromatic heterocycles. The number of rotatable bonds is 2. The van der Waals surface area contributed by atoms with Crippen LogP contribution in [0.1, 0.15) is 25.3 Å². The number of piperidine rings is 1. The molecular weight excluding hydrogens is 470 g/mol. The third-order valence-corrected chi connectivity index (χ3v) is 5.19. The molecule has 0 amide bonds. The summed E-state index contributed by atoms with van der Waals surface area (Å²) in [5, 5.41) is 14.1. The maximum atomic E-state index is 13.0. The zero-order valence-corrected chi connectivity index (χ0v) is 17.7. The van der Waals surface area contributed by atoms with Gasteiger partial charge in [-0.1, -0.05) is 12.1 Å². The predicted octanol–water partition coefficient (Wildman–Crippen LogP) is 3.99. The molecule has 4 N–H and O–H groups in total. The van der Waals surface area contributed by atoms with E-state index in [2.05, 4.69) is 25.1 Å². The molecular formula is C20H20F6N6O2. The van der Waals surface area contributed by atoms with Crippen LogP contribution in [0.4, 0.5) is 32.2 Å². The third-order valence-electron chi connectivity index (χ3n) is 5.19. The van der Waals surface area contributed by atoms with Crippen LogP contribution in [-0.2, 0) is 11.0 Å². The maximum Gasteiger partial charge on any atom is 0.490 e. The average Bonchev–Trinajstić information content (AvgIpc) is 3.16. The number of carboxylic acids is 1. The van der Waals surface area contributed by atoms with Gasteiger partial charge in [-0.25, -0.2) is 14.8 Å². The Bertz CT molecular complexity index is 1160. The van der Waals surface area contributed by atoms with E-state index in [-0.39, 0.29) is 5.54 Å². The number of nitrogens with zero attached hydrogens (tertiary/aromatic N) is 4. The minimum atomic E-state index is -5.08. The largest absolute Gasteiger partial charge is 0.490 e. The number of carbonyl (C=O) groups is 1. The lowest BCUT2D eigenvalue weighted by molar-refractivity contribution is -0.192. The Morgan fingerprint density at radius 2 is 1.79 bits per heavy atom. The van der Waals surface area contributed by atoms with Gasteiger partial charge in [-0.05, 0) is 31.9 Å². The minimum Gasteiger partial charge on any atom is -0.475 e. The smallest absolute Gasteiger partial charge is 0.475 e. The second-order valence-corrected chi connectivity index (χ2v) is 8.02. The Balaban J connectivity index is 0.000000406. The molecule has 184 valence electrons. The van der Waals surface area contributed by atoms with Crippen molar-refractivity contribution in [3.63, 3.8) is 0 Å². The van der Waals surface area contributed by atoms with Crippen LogP contribution in [0.2, 0.25) is 0 Å². The summed E-state index contributed by atoms with van der Waals surface area (Å²) in [5.41, 5.74) is 6.85. The number of alkyl halides is 6. The number of nitrogens with one attached hydrogen (secondary N) is 1. The summed E-state index contributed by atoms with van der Waals surface area (Å²) >= 11 is 0. The van der Waals surface area contributed by atoms with Crippen molar-refractivity contribution in [1.82, 2.24) is 20.2 Å². The molecule has 34 heavy (non-hydrogen) atoms. The van der Waals surface area contributed by atoms with E-state index in [1.807, 2.05) is 6.92 Å². The molecule has 8 nitrogen and oxygen atoms in total. The normalized spacial score (nSPS) is 16.2. The lowest BCUT2D eigenvalue weighted by atomic mass is 9.91. The number of carboxylic acid groups (broad SMARTS) is 1. The molecule has 0 radical (unpaired) electrons. The van der Waals surface area contributed by atoms with Crippen molar-refractivity contribution in [2.75, 3.05) is 18.0 Å². The fraction of sp³-hybridized carbons (Fsp3) is 0.400. The molecule has 4 rings (SSSR count). The summed E-state index contributed by atoms with van der Waals surface area (Å²) in [6.07, 6.45) is -6.16. The summed E-state index contributed by atoms with van der Waals surface area (Å²) in [4.78, 5) is 20.0. The van der Waals surface area contributed by atoms with Gasteiger partial charge in [0.2, 0.25) is 0 Å². The van der Waals surface area contributed by atoms with Crippen LogP contribution in [0.25, 0.3) is 22.4 Å². The molecule has 1 aromatic carbocycles. The molecule has 1 saturated heterocycles. The number of fused-ring (bicyclic) bond motifs is 1. The molecule has 1 aliphatic heterocycles. The predicted molar refractivity (Wildman–Crippen MR) is 110 cm³/mol. The van der Waals surface area contributed by atoms with E-state index in [1.54, 1.807) is 12.3 Å². The van der Waals surface area contributed by atoms with Gasteiger partial charge in [-0.15, -0.1) is 0 Å². The first-order valence-corrected chi connectivity index (χ1v) is 9.90. The van der Waals surface area contributed by atoms with Crippen LogP contribution >= 0.6 is 0 Å². The van der Waals surface area contributed by atoms with E-state index < -0.39 is 23.9 Å².